The van der Waals surface area contributed by atoms with Crippen molar-refractivity contribution in [1.29, 1.82) is 0 Å². The van der Waals surface area contributed by atoms with Gasteiger partial charge >= 0.3 is 20.0 Å². The minimum atomic E-state index is -5.07. The number of nitrogens with zero attached hydrogens (tertiary/aromatic N) is 7. The molecular formula is C28H27Cl2N7O4S2. The highest BCUT2D eigenvalue weighted by atomic mass is 35.5. The van der Waals surface area contributed by atoms with Gasteiger partial charge in [-0.15, -0.1) is 13.9 Å². The summed E-state index contributed by atoms with van der Waals surface area (Å²) in [6, 6.07) is 21.8. The van der Waals surface area contributed by atoms with Crippen LogP contribution in [0.5, 0.6) is 0 Å². The third kappa shape index (κ3) is 5.90. The van der Waals surface area contributed by atoms with Gasteiger partial charge in [-0.2, -0.15) is 26.8 Å². The fourth-order valence-corrected chi connectivity index (χ4v) is 8.55. The number of aromatic nitrogens is 6. The summed E-state index contributed by atoms with van der Waals surface area (Å²) in [5, 5.41) is 6.56. The average Bonchev–Trinajstić information content (AvgIpc) is 3.62. The summed E-state index contributed by atoms with van der Waals surface area (Å²) in [7, 11) is -10.1. The summed E-state index contributed by atoms with van der Waals surface area (Å²) in [5.41, 5.74) is 0.613. The van der Waals surface area contributed by atoms with Gasteiger partial charge in [0.25, 0.3) is 10.3 Å². The van der Waals surface area contributed by atoms with Gasteiger partial charge in [-0.3, -0.25) is 0 Å². The Labute approximate surface area is 259 Å². The molecule has 0 N–H and O–H groups in total. The van der Waals surface area contributed by atoms with Crippen LogP contribution >= 0.6 is 23.2 Å². The van der Waals surface area contributed by atoms with Crippen LogP contribution in [0.2, 0.25) is 10.0 Å². The van der Waals surface area contributed by atoms with Crippen LogP contribution in [0.3, 0.4) is 0 Å². The number of sulfonamides is 2. The zero-order valence-corrected chi connectivity index (χ0v) is 26.3. The van der Waals surface area contributed by atoms with Crippen molar-refractivity contribution in [3.05, 3.63) is 101 Å². The molecule has 43 heavy (non-hydrogen) atoms. The van der Waals surface area contributed by atoms with Crippen LogP contribution in [0.4, 0.5) is 5.69 Å². The summed E-state index contributed by atoms with van der Waals surface area (Å²) in [6.45, 7) is 3.81. The summed E-state index contributed by atoms with van der Waals surface area (Å²) < 4.78 is 60.4. The minimum Gasteiger partial charge on any atom is -0.216 e. The lowest BCUT2D eigenvalue weighted by molar-refractivity contribution is 0.573. The molecule has 0 atom stereocenters. The van der Waals surface area contributed by atoms with E-state index in [9.17, 15) is 16.8 Å². The van der Waals surface area contributed by atoms with Gasteiger partial charge in [-0.1, -0.05) is 79.5 Å². The van der Waals surface area contributed by atoms with Crippen LogP contribution < -0.4 is 3.71 Å². The molecule has 0 aliphatic rings. The SMILES string of the molecule is CCCc1nc(S(=O)(=O)N(c2c(Cl)cccc2Cl)S(=O)(=O)c2nc(CCC)n(-c3ccccc3)n2)nn1-c1ccccc1. The third-order valence-corrected chi connectivity index (χ3v) is 10.6. The molecule has 11 nitrogen and oxygen atoms in total. The van der Waals surface area contributed by atoms with E-state index in [1.807, 2.05) is 13.8 Å². The van der Waals surface area contributed by atoms with Crippen molar-refractivity contribution >= 4 is 48.9 Å². The number of aryl methyl sites for hydroxylation is 2. The fourth-order valence-electron chi connectivity index (χ4n) is 4.37. The average molecular weight is 661 g/mol. The van der Waals surface area contributed by atoms with Crippen molar-refractivity contribution in [3.8, 4) is 11.4 Å². The van der Waals surface area contributed by atoms with E-state index in [1.54, 1.807) is 60.7 Å². The number of halogens is 2. The molecule has 5 aromatic rings. The molecule has 0 amide bonds. The Morgan fingerprint density at radius 3 is 1.40 bits per heavy atom. The normalized spacial score (nSPS) is 12.0. The monoisotopic (exact) mass is 659 g/mol. The van der Waals surface area contributed by atoms with E-state index in [0.29, 0.717) is 48.7 Å². The number of rotatable bonds is 11. The van der Waals surface area contributed by atoms with Crippen molar-refractivity contribution in [2.75, 3.05) is 3.71 Å². The van der Waals surface area contributed by atoms with Crippen LogP contribution in [0.15, 0.2) is 89.2 Å². The Bertz CT molecular complexity index is 1830. The topological polar surface area (TPSA) is 133 Å². The molecule has 0 unspecified atom stereocenters. The first-order chi connectivity index (χ1) is 20.6. The number of benzene rings is 3. The van der Waals surface area contributed by atoms with Crippen molar-refractivity contribution in [1.82, 2.24) is 29.5 Å². The predicted octanol–water partition coefficient (Wildman–Crippen LogP) is 5.64. The Morgan fingerprint density at radius 1 is 0.628 bits per heavy atom. The highest BCUT2D eigenvalue weighted by Crippen LogP contribution is 2.40. The van der Waals surface area contributed by atoms with Gasteiger partial charge in [0.1, 0.15) is 17.3 Å². The Balaban J connectivity index is 1.74. The summed E-state index contributed by atoms with van der Waals surface area (Å²) in [4.78, 5) is 8.57. The van der Waals surface area contributed by atoms with E-state index < -0.39 is 36.0 Å². The van der Waals surface area contributed by atoms with Crippen LogP contribution in [0, 0.1) is 0 Å². The molecule has 0 fully saturated rings. The highest BCUT2D eigenvalue weighted by molar-refractivity contribution is 8.10. The molecule has 0 aliphatic carbocycles. The molecule has 5 rings (SSSR count). The smallest absolute Gasteiger partial charge is 0.216 e. The first kappa shape index (κ1) is 30.7. The van der Waals surface area contributed by atoms with E-state index in [2.05, 4.69) is 20.2 Å². The number of hydrogen-bond donors (Lipinski definition) is 0. The van der Waals surface area contributed by atoms with Crippen molar-refractivity contribution < 1.29 is 16.8 Å². The van der Waals surface area contributed by atoms with Gasteiger partial charge in [-0.25, -0.2) is 9.36 Å². The molecule has 0 spiro atoms. The fraction of sp³-hybridized carbons (Fsp3) is 0.214. The molecule has 224 valence electrons. The zero-order valence-electron chi connectivity index (χ0n) is 23.2. The summed E-state index contributed by atoms with van der Waals surface area (Å²) >= 11 is 12.9. The second-order valence-electron chi connectivity index (χ2n) is 9.39. The molecule has 0 saturated heterocycles. The third-order valence-electron chi connectivity index (χ3n) is 6.28. The predicted molar refractivity (Wildman–Crippen MR) is 164 cm³/mol. The van der Waals surface area contributed by atoms with Gasteiger partial charge in [0, 0.05) is 12.8 Å². The number of para-hydroxylation sites is 3. The first-order valence-electron chi connectivity index (χ1n) is 13.4. The van der Waals surface area contributed by atoms with Gasteiger partial charge in [0.15, 0.2) is 0 Å². The lowest BCUT2D eigenvalue weighted by Crippen LogP contribution is -2.38. The van der Waals surface area contributed by atoms with Crippen molar-refractivity contribution in [2.45, 2.75) is 49.8 Å². The quantitative estimate of drug-likeness (QED) is 0.178. The molecular weight excluding hydrogens is 633 g/mol. The standard InChI is InChI=1S/C28H27Cl2N7O4S2/c1-3-12-24-31-27(33-35(24)20-14-7-5-8-15-20)42(38,39)37(26-22(29)18-11-19-23(26)30)43(40,41)28-32-25(13-4-2)36(34-28)21-16-9-6-10-17-21/h5-11,14-19H,3-4,12-13H2,1-2H3. The molecule has 0 saturated carbocycles. The molecule has 2 heterocycles. The molecule has 15 heteroatoms. The molecule has 0 radical (unpaired) electrons. The van der Waals surface area contributed by atoms with E-state index in [-0.39, 0.29) is 13.8 Å². The van der Waals surface area contributed by atoms with E-state index in [4.69, 9.17) is 23.2 Å². The Morgan fingerprint density at radius 2 is 1.02 bits per heavy atom. The van der Waals surface area contributed by atoms with Gasteiger partial charge in [0.05, 0.1) is 21.4 Å². The number of anilines is 1. The Hall–Kier alpha value is -3.78. The molecule has 0 aliphatic heterocycles. The van der Waals surface area contributed by atoms with Crippen LogP contribution in [-0.4, -0.2) is 46.4 Å². The van der Waals surface area contributed by atoms with Crippen LogP contribution in [-0.2, 0) is 32.9 Å². The molecule has 3 aromatic carbocycles. The van der Waals surface area contributed by atoms with Gasteiger partial charge in [0.2, 0.25) is 0 Å². The lowest BCUT2D eigenvalue weighted by Gasteiger charge is -2.22. The van der Waals surface area contributed by atoms with Gasteiger partial charge < -0.3 is 0 Å². The highest BCUT2D eigenvalue weighted by Gasteiger charge is 2.44. The van der Waals surface area contributed by atoms with Gasteiger partial charge in [-0.05, 0) is 49.2 Å². The summed E-state index contributed by atoms with van der Waals surface area (Å²) in [5.74, 6) is 0.651. The molecule has 0 bridgehead atoms. The van der Waals surface area contributed by atoms with Crippen molar-refractivity contribution in [2.24, 2.45) is 0 Å². The second-order valence-corrected chi connectivity index (χ2v) is 13.8. The Kier molecular flexibility index (Phi) is 8.88. The number of hydrogen-bond acceptors (Lipinski definition) is 8. The van der Waals surface area contributed by atoms with Crippen LogP contribution in [0.25, 0.3) is 11.4 Å². The van der Waals surface area contributed by atoms with Crippen molar-refractivity contribution in [3.63, 3.8) is 0 Å². The van der Waals surface area contributed by atoms with E-state index in [1.165, 1.54) is 27.6 Å². The van der Waals surface area contributed by atoms with Crippen LogP contribution in [0.1, 0.15) is 38.3 Å². The maximum atomic E-state index is 14.4. The first-order valence-corrected chi connectivity index (χ1v) is 17.0. The maximum absolute atomic E-state index is 14.4. The zero-order chi connectivity index (χ0) is 30.8. The van der Waals surface area contributed by atoms with E-state index in [0.717, 1.165) is 0 Å². The largest absolute Gasteiger partial charge is 0.315 e. The minimum absolute atomic E-state index is 0.130. The maximum Gasteiger partial charge on any atom is 0.315 e. The molecule has 2 aromatic heterocycles. The lowest BCUT2D eigenvalue weighted by atomic mass is 10.3. The summed E-state index contributed by atoms with van der Waals surface area (Å²) in [6.07, 6.45) is 2.01. The second kappa shape index (κ2) is 12.4. The van der Waals surface area contributed by atoms with E-state index >= 15 is 0 Å².